The highest BCUT2D eigenvalue weighted by Gasteiger charge is 2.57. The molecule has 0 aromatic heterocycles. The van der Waals surface area contributed by atoms with Gasteiger partial charge in [-0.2, -0.15) is 5.06 Å². The van der Waals surface area contributed by atoms with Crippen LogP contribution in [-0.2, 0) is 19.2 Å². The van der Waals surface area contributed by atoms with Crippen LogP contribution in [0.4, 0.5) is 4.79 Å². The highest BCUT2D eigenvalue weighted by atomic mass is 16.7. The van der Waals surface area contributed by atoms with Gasteiger partial charge in [-0.05, 0) is 52.4 Å². The molecule has 3 unspecified atom stereocenters. The Morgan fingerprint density at radius 3 is 2.29 bits per heavy atom. The minimum atomic E-state index is -0.583. The van der Waals surface area contributed by atoms with Crippen LogP contribution in [0.25, 0.3) is 0 Å². The number of rotatable bonds is 6. The number of hydrogen-bond donors (Lipinski definition) is 0. The first-order valence-corrected chi connectivity index (χ1v) is 9.95. The Labute approximate surface area is 169 Å². The minimum absolute atomic E-state index is 0.00955. The lowest BCUT2D eigenvalue weighted by Gasteiger charge is -2.31. The minimum Gasteiger partial charge on any atom is -0.444 e. The summed E-state index contributed by atoms with van der Waals surface area (Å²) in [5.41, 5.74) is -0.625. The number of carbonyl (C=O) groups is 2. The summed E-state index contributed by atoms with van der Waals surface area (Å²) in [5.74, 6) is -0.0228. The van der Waals surface area contributed by atoms with Gasteiger partial charge in [-0.1, -0.05) is 6.92 Å². The summed E-state index contributed by atoms with van der Waals surface area (Å²) >= 11 is 0. The maximum atomic E-state index is 12.9. The molecule has 2 rings (SSSR count). The summed E-state index contributed by atoms with van der Waals surface area (Å²) in [7, 11) is 6.67. The van der Waals surface area contributed by atoms with Gasteiger partial charge < -0.3 is 14.5 Å². The molecule has 1 saturated heterocycles. The van der Waals surface area contributed by atoms with Gasteiger partial charge in [0.2, 0.25) is 0 Å². The zero-order valence-electron chi connectivity index (χ0n) is 18.8. The van der Waals surface area contributed by atoms with Crippen LogP contribution in [0.5, 0.6) is 0 Å². The molecule has 0 N–H and O–H groups in total. The first-order chi connectivity index (χ1) is 12.9. The van der Waals surface area contributed by atoms with Crippen LogP contribution in [0.3, 0.4) is 0 Å². The van der Waals surface area contributed by atoms with Crippen molar-refractivity contribution >= 4 is 12.0 Å². The third-order valence-corrected chi connectivity index (χ3v) is 6.46. The molecule has 8 nitrogen and oxygen atoms in total. The van der Waals surface area contributed by atoms with E-state index in [4.69, 9.17) is 14.4 Å². The van der Waals surface area contributed by atoms with E-state index in [1.54, 1.807) is 19.1 Å². The molecule has 2 fully saturated rings. The van der Waals surface area contributed by atoms with E-state index >= 15 is 0 Å². The van der Waals surface area contributed by atoms with E-state index < -0.39 is 5.60 Å². The van der Waals surface area contributed by atoms with Crippen LogP contribution in [0, 0.1) is 17.8 Å². The van der Waals surface area contributed by atoms with Crippen LogP contribution < -0.4 is 0 Å². The fourth-order valence-corrected chi connectivity index (χ4v) is 4.23. The third kappa shape index (κ3) is 4.60. The maximum Gasteiger partial charge on any atom is 0.410 e. The molecule has 1 aliphatic carbocycles. The standard InChI is InChI=1S/C20H37N3O5/c1-13-15(17(24)21(6)26-8)12-23(18(25)28-19(2,3)4)16(13)10-14-11-20(14,5)22(7)27-9/h13-16H,10-12H2,1-9H3/t13-,14?,15+,16?,20?/m0/s1. The van der Waals surface area contributed by atoms with Crippen LogP contribution >= 0.6 is 0 Å². The molecule has 1 saturated carbocycles. The number of amides is 2. The zero-order chi connectivity index (χ0) is 21.4. The number of likely N-dealkylation sites (tertiary alicyclic amines) is 1. The molecule has 1 heterocycles. The van der Waals surface area contributed by atoms with Gasteiger partial charge in [0.1, 0.15) is 5.60 Å². The molecule has 1 aliphatic heterocycles. The molecule has 8 heteroatoms. The molecule has 2 aliphatic rings. The molecular formula is C20H37N3O5. The van der Waals surface area contributed by atoms with Crippen LogP contribution in [0.1, 0.15) is 47.5 Å². The van der Waals surface area contributed by atoms with Crippen molar-refractivity contribution in [2.24, 2.45) is 17.8 Å². The molecule has 0 aromatic rings. The lowest BCUT2D eigenvalue weighted by atomic mass is 9.88. The topological polar surface area (TPSA) is 71.5 Å². The summed E-state index contributed by atoms with van der Waals surface area (Å²) in [5, 5.41) is 3.13. The largest absolute Gasteiger partial charge is 0.444 e. The lowest BCUT2D eigenvalue weighted by molar-refractivity contribution is -0.174. The summed E-state index contributed by atoms with van der Waals surface area (Å²) in [6, 6.07) is -0.0638. The van der Waals surface area contributed by atoms with Crippen molar-refractivity contribution in [3.63, 3.8) is 0 Å². The fourth-order valence-electron chi connectivity index (χ4n) is 4.23. The average molecular weight is 400 g/mol. The zero-order valence-corrected chi connectivity index (χ0v) is 18.8. The SMILES string of the molecule is CON(C)C(=O)[C@@H]1CN(C(=O)OC(C)(C)C)C(CC2CC2(C)N(C)OC)[C@H]1C. The Hall–Kier alpha value is -1.38. The normalized spacial score (nSPS) is 32.6. The fraction of sp³-hybridized carbons (Fsp3) is 0.900. The van der Waals surface area contributed by atoms with Gasteiger partial charge in [-0.3, -0.25) is 9.63 Å². The number of ether oxygens (including phenoxy) is 1. The smallest absolute Gasteiger partial charge is 0.410 e. The van der Waals surface area contributed by atoms with E-state index in [2.05, 4.69) is 6.92 Å². The second kappa shape index (κ2) is 8.16. The van der Waals surface area contributed by atoms with E-state index in [1.165, 1.54) is 12.2 Å². The van der Waals surface area contributed by atoms with Gasteiger partial charge in [0, 0.05) is 32.2 Å². The summed E-state index contributed by atoms with van der Waals surface area (Å²) in [6.45, 7) is 10.1. The maximum absolute atomic E-state index is 12.9. The first-order valence-electron chi connectivity index (χ1n) is 9.95. The summed E-state index contributed by atoms with van der Waals surface area (Å²) in [6.07, 6.45) is 1.45. The van der Waals surface area contributed by atoms with Gasteiger partial charge >= 0.3 is 6.09 Å². The molecule has 5 atom stereocenters. The highest BCUT2D eigenvalue weighted by Crippen LogP contribution is 2.52. The van der Waals surface area contributed by atoms with Gasteiger partial charge in [0.05, 0.1) is 20.1 Å². The predicted molar refractivity (Wildman–Crippen MR) is 105 cm³/mol. The van der Waals surface area contributed by atoms with Gasteiger partial charge in [0.25, 0.3) is 5.91 Å². The molecule has 2 amide bonds. The molecule has 0 radical (unpaired) electrons. The van der Waals surface area contributed by atoms with Gasteiger partial charge in [-0.25, -0.2) is 9.86 Å². The average Bonchev–Trinajstić information content (AvgIpc) is 3.16. The van der Waals surface area contributed by atoms with Crippen molar-refractivity contribution < 1.29 is 24.0 Å². The molecule has 0 spiro atoms. The Morgan fingerprint density at radius 1 is 1.18 bits per heavy atom. The Kier molecular flexibility index (Phi) is 6.68. The Balaban J connectivity index is 2.20. The molecule has 162 valence electrons. The van der Waals surface area contributed by atoms with Crippen LogP contribution in [0.15, 0.2) is 0 Å². The monoisotopic (exact) mass is 399 g/mol. The molecule has 0 aromatic carbocycles. The van der Waals surface area contributed by atoms with Crippen LogP contribution in [0.2, 0.25) is 0 Å². The molecule has 28 heavy (non-hydrogen) atoms. The van der Waals surface area contributed by atoms with Gasteiger partial charge in [0.15, 0.2) is 0 Å². The van der Waals surface area contributed by atoms with Crippen LogP contribution in [-0.4, -0.2) is 79.1 Å². The van der Waals surface area contributed by atoms with Crippen molar-refractivity contribution in [2.45, 2.75) is 64.6 Å². The van der Waals surface area contributed by atoms with E-state index in [1.807, 2.05) is 39.8 Å². The number of hydroxylamine groups is 4. The number of nitrogens with zero attached hydrogens (tertiary/aromatic N) is 3. The summed E-state index contributed by atoms with van der Waals surface area (Å²) < 4.78 is 5.63. The highest BCUT2D eigenvalue weighted by molar-refractivity contribution is 5.80. The Bertz CT molecular complexity index is 593. The van der Waals surface area contributed by atoms with Gasteiger partial charge in [-0.15, -0.1) is 0 Å². The predicted octanol–water partition coefficient (Wildman–Crippen LogP) is 2.54. The van der Waals surface area contributed by atoms with E-state index in [0.29, 0.717) is 12.5 Å². The van der Waals surface area contributed by atoms with Crippen molar-refractivity contribution in [2.75, 3.05) is 34.9 Å². The molecular weight excluding hydrogens is 362 g/mol. The van der Waals surface area contributed by atoms with E-state index in [9.17, 15) is 9.59 Å². The van der Waals surface area contributed by atoms with E-state index in [0.717, 1.165) is 12.8 Å². The quantitative estimate of drug-likeness (QED) is 0.639. The van der Waals surface area contributed by atoms with E-state index in [-0.39, 0.29) is 35.4 Å². The van der Waals surface area contributed by atoms with Crippen molar-refractivity contribution in [1.29, 1.82) is 0 Å². The first kappa shape index (κ1) is 22.9. The molecule has 0 bridgehead atoms. The second-order valence-electron chi connectivity index (χ2n) is 9.36. The van der Waals surface area contributed by atoms with Crippen molar-refractivity contribution in [1.82, 2.24) is 15.0 Å². The Morgan fingerprint density at radius 2 is 1.79 bits per heavy atom. The lowest BCUT2D eigenvalue weighted by Crippen LogP contribution is -2.42. The summed E-state index contributed by atoms with van der Waals surface area (Å²) in [4.78, 5) is 37.9. The second-order valence-corrected chi connectivity index (χ2v) is 9.36. The number of carbonyl (C=O) groups excluding carboxylic acids is 2. The number of hydrogen-bond acceptors (Lipinski definition) is 6. The van der Waals surface area contributed by atoms with Crippen molar-refractivity contribution in [3.8, 4) is 0 Å². The van der Waals surface area contributed by atoms with Crippen molar-refractivity contribution in [3.05, 3.63) is 0 Å². The third-order valence-electron chi connectivity index (χ3n) is 6.46.